The van der Waals surface area contributed by atoms with E-state index in [0.29, 0.717) is 28.5 Å². The zero-order chi connectivity index (χ0) is 23.0. The minimum Gasteiger partial charge on any atom is -0.325 e. The minimum atomic E-state index is -0.510. The average Bonchev–Trinajstić information content (AvgIpc) is 3.02. The molecular weight excluding hydrogens is 411 g/mol. The van der Waals surface area contributed by atoms with Gasteiger partial charge in [-0.1, -0.05) is 12.1 Å². The molecule has 0 unspecified atom stereocenters. The molecule has 0 atom stereocenters. The standard InChI is InChI=1S/C23H23FN6O2/c1-13-5-7-17(9-15(13)3)27-22-25-16(4)10-20-28-29(23(32)30(20)22)12-21(31)26-18-8-6-14(2)19(24)11-18/h5-11H,12H2,1-4H3,(H,25,27)(H,26,31). The molecule has 2 aromatic carbocycles. The second kappa shape index (κ2) is 8.26. The summed E-state index contributed by atoms with van der Waals surface area (Å²) in [5, 5.41) is 10.0. The Labute approximate surface area is 183 Å². The van der Waals surface area contributed by atoms with Gasteiger partial charge in [0, 0.05) is 23.1 Å². The summed E-state index contributed by atoms with van der Waals surface area (Å²) in [4.78, 5) is 29.9. The summed E-state index contributed by atoms with van der Waals surface area (Å²) in [6.45, 7) is 7.14. The van der Waals surface area contributed by atoms with Crippen LogP contribution in [0, 0.1) is 33.5 Å². The first-order valence-electron chi connectivity index (χ1n) is 10.1. The molecule has 0 aliphatic carbocycles. The lowest BCUT2D eigenvalue weighted by Gasteiger charge is -2.09. The minimum absolute atomic E-state index is 0.306. The monoisotopic (exact) mass is 434 g/mol. The Morgan fingerprint density at radius 2 is 1.69 bits per heavy atom. The van der Waals surface area contributed by atoms with Gasteiger partial charge >= 0.3 is 5.69 Å². The summed E-state index contributed by atoms with van der Waals surface area (Å²) < 4.78 is 16.1. The van der Waals surface area contributed by atoms with E-state index in [9.17, 15) is 14.0 Å². The van der Waals surface area contributed by atoms with Gasteiger partial charge in [-0.2, -0.15) is 0 Å². The number of aromatic nitrogens is 4. The molecule has 0 bridgehead atoms. The molecule has 9 heteroatoms. The van der Waals surface area contributed by atoms with Gasteiger partial charge in [-0.25, -0.2) is 23.3 Å². The molecule has 0 fully saturated rings. The van der Waals surface area contributed by atoms with Gasteiger partial charge in [-0.15, -0.1) is 5.10 Å². The quantitative estimate of drug-likeness (QED) is 0.500. The largest absolute Gasteiger partial charge is 0.353 e. The van der Waals surface area contributed by atoms with E-state index >= 15 is 0 Å². The van der Waals surface area contributed by atoms with E-state index in [1.807, 2.05) is 32.0 Å². The molecule has 0 aliphatic heterocycles. The number of nitrogens with zero attached hydrogens (tertiary/aromatic N) is 4. The zero-order valence-corrected chi connectivity index (χ0v) is 18.2. The molecule has 164 valence electrons. The molecule has 0 spiro atoms. The van der Waals surface area contributed by atoms with Crippen molar-refractivity contribution in [2.24, 2.45) is 0 Å². The van der Waals surface area contributed by atoms with Crippen LogP contribution in [-0.4, -0.2) is 25.1 Å². The van der Waals surface area contributed by atoms with Crippen molar-refractivity contribution in [1.29, 1.82) is 0 Å². The van der Waals surface area contributed by atoms with Crippen molar-refractivity contribution < 1.29 is 9.18 Å². The number of hydrogen-bond donors (Lipinski definition) is 2. The van der Waals surface area contributed by atoms with Gasteiger partial charge in [0.15, 0.2) is 5.65 Å². The highest BCUT2D eigenvalue weighted by molar-refractivity contribution is 5.90. The number of carbonyl (C=O) groups is 1. The number of aryl methyl sites for hydroxylation is 4. The molecule has 2 heterocycles. The van der Waals surface area contributed by atoms with Crippen LogP contribution >= 0.6 is 0 Å². The average molecular weight is 434 g/mol. The second-order valence-electron chi connectivity index (χ2n) is 7.79. The highest BCUT2D eigenvalue weighted by Gasteiger charge is 2.16. The number of anilines is 3. The molecule has 2 aromatic heterocycles. The predicted molar refractivity (Wildman–Crippen MR) is 121 cm³/mol. The number of rotatable bonds is 5. The van der Waals surface area contributed by atoms with Crippen LogP contribution in [0.15, 0.2) is 47.3 Å². The maximum Gasteiger partial charge on any atom is 0.353 e. The Morgan fingerprint density at radius 1 is 0.969 bits per heavy atom. The van der Waals surface area contributed by atoms with Gasteiger partial charge in [0.05, 0.1) is 0 Å². The highest BCUT2D eigenvalue weighted by atomic mass is 19.1. The Bertz CT molecular complexity index is 1410. The van der Waals surface area contributed by atoms with Crippen LogP contribution in [0.2, 0.25) is 0 Å². The molecule has 0 saturated heterocycles. The third kappa shape index (κ3) is 4.22. The van der Waals surface area contributed by atoms with Crippen LogP contribution in [0.4, 0.5) is 21.7 Å². The van der Waals surface area contributed by atoms with E-state index in [0.717, 1.165) is 21.5 Å². The fourth-order valence-corrected chi connectivity index (χ4v) is 3.30. The van der Waals surface area contributed by atoms with Crippen molar-refractivity contribution in [3.8, 4) is 0 Å². The Balaban J connectivity index is 1.63. The van der Waals surface area contributed by atoms with Crippen molar-refractivity contribution in [1.82, 2.24) is 19.2 Å². The van der Waals surface area contributed by atoms with Crippen LogP contribution in [0.25, 0.3) is 5.65 Å². The summed E-state index contributed by atoms with van der Waals surface area (Å²) >= 11 is 0. The molecule has 4 rings (SSSR count). The number of benzene rings is 2. The predicted octanol–water partition coefficient (Wildman–Crippen LogP) is 3.65. The molecule has 32 heavy (non-hydrogen) atoms. The Hall–Kier alpha value is -4.01. The summed E-state index contributed by atoms with van der Waals surface area (Å²) in [6.07, 6.45) is 0. The van der Waals surface area contributed by atoms with Crippen molar-refractivity contribution in [3.05, 3.63) is 81.2 Å². The smallest absolute Gasteiger partial charge is 0.325 e. The van der Waals surface area contributed by atoms with Gasteiger partial charge in [0.2, 0.25) is 11.9 Å². The van der Waals surface area contributed by atoms with E-state index in [1.54, 1.807) is 32.0 Å². The SMILES string of the molecule is Cc1cc2nn(CC(=O)Nc3ccc(C)c(F)c3)c(=O)n2c(Nc2ccc(C)c(C)c2)n1. The van der Waals surface area contributed by atoms with Crippen molar-refractivity contribution in [2.75, 3.05) is 10.6 Å². The summed E-state index contributed by atoms with van der Waals surface area (Å²) in [5.41, 5.74) is 4.35. The van der Waals surface area contributed by atoms with E-state index < -0.39 is 17.4 Å². The third-order valence-corrected chi connectivity index (χ3v) is 5.21. The number of hydrogen-bond acceptors (Lipinski definition) is 5. The second-order valence-corrected chi connectivity index (χ2v) is 7.79. The Morgan fingerprint density at radius 3 is 2.41 bits per heavy atom. The van der Waals surface area contributed by atoms with E-state index in [-0.39, 0.29) is 6.54 Å². The first-order chi connectivity index (χ1) is 15.2. The number of amides is 1. The van der Waals surface area contributed by atoms with Gasteiger partial charge in [-0.3, -0.25) is 4.79 Å². The van der Waals surface area contributed by atoms with E-state index in [1.165, 1.54) is 10.5 Å². The lowest BCUT2D eigenvalue weighted by atomic mass is 10.1. The first kappa shape index (κ1) is 21.2. The molecule has 0 aliphatic rings. The van der Waals surface area contributed by atoms with E-state index in [2.05, 4.69) is 20.7 Å². The fraction of sp³-hybridized carbons (Fsp3) is 0.217. The molecule has 2 N–H and O–H groups in total. The topological polar surface area (TPSA) is 93.3 Å². The van der Waals surface area contributed by atoms with Crippen LogP contribution in [0.3, 0.4) is 0 Å². The normalized spacial score (nSPS) is 11.0. The first-order valence-corrected chi connectivity index (χ1v) is 10.1. The molecular formula is C23H23FN6O2. The summed E-state index contributed by atoms with van der Waals surface area (Å²) in [7, 11) is 0. The van der Waals surface area contributed by atoms with Crippen LogP contribution in [0.5, 0.6) is 0 Å². The lowest BCUT2D eigenvalue weighted by Crippen LogP contribution is -2.29. The zero-order valence-electron chi connectivity index (χ0n) is 18.2. The van der Waals surface area contributed by atoms with Crippen LogP contribution in [-0.2, 0) is 11.3 Å². The number of nitrogens with one attached hydrogen (secondary N) is 2. The Kier molecular flexibility index (Phi) is 5.48. The lowest BCUT2D eigenvalue weighted by molar-refractivity contribution is -0.117. The molecule has 8 nitrogen and oxygen atoms in total. The highest BCUT2D eigenvalue weighted by Crippen LogP contribution is 2.19. The van der Waals surface area contributed by atoms with E-state index in [4.69, 9.17) is 0 Å². The van der Waals surface area contributed by atoms with Crippen molar-refractivity contribution in [3.63, 3.8) is 0 Å². The van der Waals surface area contributed by atoms with Crippen molar-refractivity contribution >= 4 is 28.9 Å². The summed E-state index contributed by atoms with van der Waals surface area (Å²) in [6, 6.07) is 11.9. The molecule has 1 amide bonds. The van der Waals surface area contributed by atoms with Gasteiger partial charge in [-0.05, 0) is 68.7 Å². The number of carbonyl (C=O) groups excluding carboxylic acids is 1. The number of fused-ring (bicyclic) bond motifs is 1. The number of halogens is 1. The van der Waals surface area contributed by atoms with Gasteiger partial charge in [0.1, 0.15) is 12.4 Å². The van der Waals surface area contributed by atoms with Crippen LogP contribution in [0.1, 0.15) is 22.4 Å². The van der Waals surface area contributed by atoms with Gasteiger partial charge < -0.3 is 10.6 Å². The maximum absolute atomic E-state index is 13.7. The molecule has 0 radical (unpaired) electrons. The molecule has 0 saturated carbocycles. The maximum atomic E-state index is 13.7. The third-order valence-electron chi connectivity index (χ3n) is 5.21. The van der Waals surface area contributed by atoms with Crippen LogP contribution < -0.4 is 16.3 Å². The van der Waals surface area contributed by atoms with Crippen molar-refractivity contribution in [2.45, 2.75) is 34.2 Å². The summed E-state index contributed by atoms with van der Waals surface area (Å²) in [5.74, 6) is -0.607. The van der Waals surface area contributed by atoms with Gasteiger partial charge in [0.25, 0.3) is 0 Å². The molecule has 4 aromatic rings. The fourth-order valence-electron chi connectivity index (χ4n) is 3.30.